The second-order valence-corrected chi connectivity index (χ2v) is 3.23. The Balaban J connectivity index is 2.86. The molecule has 12 heavy (non-hydrogen) atoms. The summed E-state index contributed by atoms with van der Waals surface area (Å²) in [6.07, 6.45) is 4.05. The van der Waals surface area contributed by atoms with E-state index in [1.807, 2.05) is 24.3 Å². The Morgan fingerprint density at radius 2 is 2.00 bits per heavy atom. The average molecular weight is 270 g/mol. The van der Waals surface area contributed by atoms with E-state index in [2.05, 4.69) is 47.4 Å². The Kier molecular flexibility index (Phi) is 4.08. The highest BCUT2D eigenvalue weighted by atomic mass is 127. The third-order valence-electron chi connectivity index (χ3n) is 1.57. The Labute approximate surface area is 87.1 Å². The highest BCUT2D eigenvalue weighted by Gasteiger charge is 1.88. The van der Waals surface area contributed by atoms with Gasteiger partial charge >= 0.3 is 0 Å². The van der Waals surface area contributed by atoms with Gasteiger partial charge in [-0.3, -0.25) is 0 Å². The van der Waals surface area contributed by atoms with Crippen LogP contribution in [-0.2, 0) is 0 Å². The molecule has 1 aromatic rings. The highest BCUT2D eigenvalue weighted by molar-refractivity contribution is 14.1. The van der Waals surface area contributed by atoms with E-state index in [4.69, 9.17) is 0 Å². The van der Waals surface area contributed by atoms with Crippen molar-refractivity contribution in [1.29, 1.82) is 0 Å². The maximum absolute atomic E-state index is 3.75. The van der Waals surface area contributed by atoms with Crippen LogP contribution in [0, 0.1) is 0 Å². The molecular weight excluding hydrogens is 259 g/mol. The molecule has 0 bridgehead atoms. The first-order chi connectivity index (χ1) is 5.86. The molecule has 0 radical (unpaired) electrons. The van der Waals surface area contributed by atoms with Crippen molar-refractivity contribution in [3.63, 3.8) is 0 Å². The van der Waals surface area contributed by atoms with Crippen molar-refractivity contribution in [2.24, 2.45) is 0 Å². The van der Waals surface area contributed by atoms with Gasteiger partial charge in [0.05, 0.1) is 0 Å². The summed E-state index contributed by atoms with van der Waals surface area (Å²) in [6.45, 7) is 3.75. The molecule has 0 amide bonds. The lowest BCUT2D eigenvalue weighted by molar-refractivity contribution is 1.59. The van der Waals surface area contributed by atoms with Crippen LogP contribution in [0.15, 0.2) is 48.6 Å². The van der Waals surface area contributed by atoms with Gasteiger partial charge in [-0.25, -0.2) is 0 Å². The van der Waals surface area contributed by atoms with Crippen molar-refractivity contribution in [2.45, 2.75) is 0 Å². The minimum Gasteiger partial charge on any atom is -0.0988 e. The lowest BCUT2D eigenvalue weighted by Crippen LogP contribution is -1.78. The number of rotatable bonds is 3. The lowest BCUT2D eigenvalue weighted by Gasteiger charge is -1.95. The fraction of sp³-hybridized carbons (Fsp3) is 0.0909. The van der Waals surface area contributed by atoms with Gasteiger partial charge in [0.2, 0.25) is 0 Å². The molecule has 0 aromatic heterocycles. The van der Waals surface area contributed by atoms with E-state index in [1.165, 1.54) is 11.1 Å². The summed E-state index contributed by atoms with van der Waals surface area (Å²) >= 11 is 2.34. The fourth-order valence-corrected chi connectivity index (χ4v) is 1.45. The molecule has 0 aliphatic rings. The molecule has 1 aromatic carbocycles. The van der Waals surface area contributed by atoms with Gasteiger partial charge in [-0.05, 0) is 11.1 Å². The number of hydrogen-bond acceptors (Lipinski definition) is 0. The first kappa shape index (κ1) is 9.52. The SMILES string of the molecule is C=C/C(=C\c1ccccc1)CI. The monoisotopic (exact) mass is 270 g/mol. The average Bonchev–Trinajstić information content (AvgIpc) is 2.16. The molecule has 0 saturated heterocycles. The third-order valence-corrected chi connectivity index (χ3v) is 2.45. The van der Waals surface area contributed by atoms with Crippen LogP contribution < -0.4 is 0 Å². The molecule has 0 atom stereocenters. The fourth-order valence-electron chi connectivity index (χ4n) is 0.915. The zero-order valence-corrected chi connectivity index (χ0v) is 8.99. The van der Waals surface area contributed by atoms with Gasteiger partial charge in [0.15, 0.2) is 0 Å². The van der Waals surface area contributed by atoms with Crippen LogP contribution in [0.2, 0.25) is 0 Å². The van der Waals surface area contributed by atoms with Crippen molar-refractivity contribution < 1.29 is 0 Å². The van der Waals surface area contributed by atoms with Gasteiger partial charge in [0, 0.05) is 4.43 Å². The summed E-state index contributed by atoms with van der Waals surface area (Å²) in [6, 6.07) is 10.3. The highest BCUT2D eigenvalue weighted by Crippen LogP contribution is 2.09. The number of alkyl halides is 1. The minimum atomic E-state index is 1.01. The van der Waals surface area contributed by atoms with E-state index in [0.29, 0.717) is 0 Å². The predicted molar refractivity (Wildman–Crippen MR) is 63.5 cm³/mol. The Morgan fingerprint density at radius 1 is 1.33 bits per heavy atom. The normalized spacial score (nSPS) is 11.2. The van der Waals surface area contributed by atoms with Gasteiger partial charge in [-0.2, -0.15) is 0 Å². The molecule has 1 heteroatoms. The quantitative estimate of drug-likeness (QED) is 0.446. The molecule has 0 heterocycles. The number of allylic oxidation sites excluding steroid dienone is 2. The molecule has 1 rings (SSSR count). The van der Waals surface area contributed by atoms with E-state index < -0.39 is 0 Å². The molecule has 0 fully saturated rings. The molecule has 0 N–H and O–H groups in total. The third kappa shape index (κ3) is 2.81. The Hall–Kier alpha value is -0.570. The largest absolute Gasteiger partial charge is 0.0988 e. The molecule has 0 unspecified atom stereocenters. The Morgan fingerprint density at radius 3 is 2.50 bits per heavy atom. The molecule has 0 spiro atoms. The second kappa shape index (κ2) is 5.14. The van der Waals surface area contributed by atoms with Gasteiger partial charge in [0.1, 0.15) is 0 Å². The van der Waals surface area contributed by atoms with E-state index >= 15 is 0 Å². The number of hydrogen-bond donors (Lipinski definition) is 0. The predicted octanol–water partition coefficient (Wildman–Crippen LogP) is 3.69. The van der Waals surface area contributed by atoms with E-state index in [1.54, 1.807) is 0 Å². The topological polar surface area (TPSA) is 0 Å². The summed E-state index contributed by atoms with van der Waals surface area (Å²) < 4.78 is 1.01. The first-order valence-corrected chi connectivity index (χ1v) is 5.33. The first-order valence-electron chi connectivity index (χ1n) is 3.81. The summed E-state index contributed by atoms with van der Waals surface area (Å²) in [5.74, 6) is 0. The van der Waals surface area contributed by atoms with Crippen LogP contribution in [-0.4, -0.2) is 4.43 Å². The Bertz CT molecular complexity index is 272. The van der Waals surface area contributed by atoms with Gasteiger partial charge < -0.3 is 0 Å². The van der Waals surface area contributed by atoms with Crippen LogP contribution in [0.5, 0.6) is 0 Å². The maximum atomic E-state index is 3.75. The van der Waals surface area contributed by atoms with E-state index in [-0.39, 0.29) is 0 Å². The molecular formula is C11H11I. The van der Waals surface area contributed by atoms with Gasteiger partial charge in [0.25, 0.3) is 0 Å². The molecule has 0 saturated carbocycles. The lowest BCUT2D eigenvalue weighted by atomic mass is 10.1. The zero-order chi connectivity index (χ0) is 8.81. The van der Waals surface area contributed by atoms with Crippen molar-refractivity contribution in [1.82, 2.24) is 0 Å². The molecule has 0 aliphatic heterocycles. The standard InChI is InChI=1S/C11H11I/c1-2-10(9-12)8-11-6-4-3-5-7-11/h2-8H,1,9H2/b10-8+. The van der Waals surface area contributed by atoms with Crippen LogP contribution in [0.3, 0.4) is 0 Å². The summed E-state index contributed by atoms with van der Waals surface area (Å²) in [7, 11) is 0. The van der Waals surface area contributed by atoms with Crippen molar-refractivity contribution in [3.05, 3.63) is 54.1 Å². The zero-order valence-electron chi connectivity index (χ0n) is 6.83. The minimum absolute atomic E-state index is 1.01. The summed E-state index contributed by atoms with van der Waals surface area (Å²) in [5, 5.41) is 0. The molecule has 0 nitrogen and oxygen atoms in total. The van der Waals surface area contributed by atoms with Crippen LogP contribution in [0.25, 0.3) is 6.08 Å². The van der Waals surface area contributed by atoms with Gasteiger partial charge in [-0.15, -0.1) is 0 Å². The van der Waals surface area contributed by atoms with Crippen molar-refractivity contribution in [2.75, 3.05) is 4.43 Å². The molecule has 0 aliphatic carbocycles. The summed E-state index contributed by atoms with van der Waals surface area (Å²) in [4.78, 5) is 0. The summed E-state index contributed by atoms with van der Waals surface area (Å²) in [5.41, 5.74) is 2.51. The van der Waals surface area contributed by atoms with Crippen molar-refractivity contribution >= 4 is 28.7 Å². The number of benzene rings is 1. The van der Waals surface area contributed by atoms with E-state index in [9.17, 15) is 0 Å². The number of halogens is 1. The van der Waals surface area contributed by atoms with E-state index in [0.717, 1.165) is 4.43 Å². The van der Waals surface area contributed by atoms with Crippen LogP contribution >= 0.6 is 22.6 Å². The van der Waals surface area contributed by atoms with Crippen molar-refractivity contribution in [3.8, 4) is 0 Å². The molecule has 62 valence electrons. The van der Waals surface area contributed by atoms with Crippen LogP contribution in [0.4, 0.5) is 0 Å². The maximum Gasteiger partial charge on any atom is 0.0247 e. The smallest absolute Gasteiger partial charge is 0.0247 e. The second-order valence-electron chi connectivity index (χ2n) is 2.47. The van der Waals surface area contributed by atoms with Crippen LogP contribution in [0.1, 0.15) is 5.56 Å². The van der Waals surface area contributed by atoms with Gasteiger partial charge in [-0.1, -0.05) is 71.7 Å².